The maximum atomic E-state index is 12.6. The van der Waals surface area contributed by atoms with E-state index in [1.54, 1.807) is 0 Å². The molecule has 0 bridgehead atoms. The predicted molar refractivity (Wildman–Crippen MR) is 115 cm³/mol. The first-order chi connectivity index (χ1) is 13.7. The number of rotatable bonds is 4. The van der Waals surface area contributed by atoms with Gasteiger partial charge in [-0.3, -0.25) is 9.59 Å². The van der Waals surface area contributed by atoms with Crippen LogP contribution in [0.3, 0.4) is 0 Å². The minimum atomic E-state index is -0.354. The van der Waals surface area contributed by atoms with Gasteiger partial charge in [0, 0.05) is 51.1 Å². The van der Waals surface area contributed by atoms with E-state index in [9.17, 15) is 9.59 Å². The van der Waals surface area contributed by atoms with Gasteiger partial charge in [0.15, 0.2) is 0 Å². The first-order valence-corrected chi connectivity index (χ1v) is 10.3. The molecule has 3 aliphatic rings. The van der Waals surface area contributed by atoms with E-state index < -0.39 is 0 Å². The standard InChI is InChI=1S/C22H29N3O3.ClH/c26-20-15-22(17-25(20)11-4-7-18-5-2-1-3-6-18)8-12-24(13-9-22)21(27)19-16-23-10-14-28-19;/h1-7,19,23H,8-17H2;1H/b7-4+;. The van der Waals surface area contributed by atoms with Crippen LogP contribution in [0.1, 0.15) is 24.8 Å². The van der Waals surface area contributed by atoms with Crippen molar-refractivity contribution in [2.24, 2.45) is 5.41 Å². The average molecular weight is 420 g/mol. The predicted octanol–water partition coefficient (Wildman–Crippen LogP) is 1.95. The number of halogens is 1. The molecule has 7 heteroatoms. The molecular formula is C22H30ClN3O3. The van der Waals surface area contributed by atoms with Crippen molar-refractivity contribution < 1.29 is 14.3 Å². The van der Waals surface area contributed by atoms with Crippen LogP contribution in [0.25, 0.3) is 6.08 Å². The van der Waals surface area contributed by atoms with Gasteiger partial charge in [0.05, 0.1) is 6.61 Å². The first kappa shape index (κ1) is 21.8. The lowest BCUT2D eigenvalue weighted by atomic mass is 9.77. The number of morpholine rings is 1. The number of amides is 2. The Morgan fingerprint density at radius 3 is 2.69 bits per heavy atom. The van der Waals surface area contributed by atoms with Crippen molar-refractivity contribution in [3.8, 4) is 0 Å². The summed E-state index contributed by atoms with van der Waals surface area (Å²) in [7, 11) is 0. The summed E-state index contributed by atoms with van der Waals surface area (Å²) < 4.78 is 5.60. The van der Waals surface area contributed by atoms with E-state index in [1.807, 2.05) is 28.0 Å². The minimum Gasteiger partial charge on any atom is -0.366 e. The minimum absolute atomic E-state index is 0. The molecule has 1 aromatic carbocycles. The molecule has 0 aliphatic carbocycles. The summed E-state index contributed by atoms with van der Waals surface area (Å²) in [5.41, 5.74) is 1.18. The zero-order chi connectivity index (χ0) is 19.4. The molecule has 6 nitrogen and oxygen atoms in total. The van der Waals surface area contributed by atoms with Crippen LogP contribution in [-0.2, 0) is 14.3 Å². The molecule has 2 amide bonds. The lowest BCUT2D eigenvalue weighted by Crippen LogP contribution is -2.52. The van der Waals surface area contributed by atoms with E-state index >= 15 is 0 Å². The van der Waals surface area contributed by atoms with Gasteiger partial charge >= 0.3 is 0 Å². The number of likely N-dealkylation sites (tertiary alicyclic amines) is 2. The summed E-state index contributed by atoms with van der Waals surface area (Å²) in [4.78, 5) is 29.1. The van der Waals surface area contributed by atoms with Crippen LogP contribution < -0.4 is 5.32 Å². The number of piperidine rings is 1. The van der Waals surface area contributed by atoms with Crippen molar-refractivity contribution in [1.82, 2.24) is 15.1 Å². The van der Waals surface area contributed by atoms with E-state index in [4.69, 9.17) is 4.74 Å². The number of carbonyl (C=O) groups is 2. The van der Waals surface area contributed by atoms with Crippen LogP contribution in [0.2, 0.25) is 0 Å². The Kier molecular flexibility index (Phi) is 7.33. The van der Waals surface area contributed by atoms with E-state index in [0.29, 0.717) is 26.1 Å². The topological polar surface area (TPSA) is 61.9 Å². The molecule has 1 aromatic rings. The molecule has 3 heterocycles. The lowest BCUT2D eigenvalue weighted by Gasteiger charge is -2.40. The Balaban J connectivity index is 0.00000240. The summed E-state index contributed by atoms with van der Waals surface area (Å²) in [6.07, 6.45) is 6.17. The molecule has 158 valence electrons. The van der Waals surface area contributed by atoms with Crippen molar-refractivity contribution in [1.29, 1.82) is 0 Å². The van der Waals surface area contributed by atoms with Crippen molar-refractivity contribution in [2.45, 2.75) is 25.4 Å². The number of hydrogen-bond acceptors (Lipinski definition) is 4. The van der Waals surface area contributed by atoms with E-state index in [-0.39, 0.29) is 35.7 Å². The summed E-state index contributed by atoms with van der Waals surface area (Å²) >= 11 is 0. The second-order valence-electron chi connectivity index (χ2n) is 8.15. The molecule has 3 aliphatic heterocycles. The second-order valence-corrected chi connectivity index (χ2v) is 8.15. The highest BCUT2D eigenvalue weighted by Crippen LogP contribution is 2.41. The smallest absolute Gasteiger partial charge is 0.253 e. The van der Waals surface area contributed by atoms with E-state index in [2.05, 4.69) is 29.6 Å². The Labute approximate surface area is 178 Å². The Morgan fingerprint density at radius 1 is 1.24 bits per heavy atom. The molecule has 0 saturated carbocycles. The summed E-state index contributed by atoms with van der Waals surface area (Å²) in [6.45, 7) is 4.89. The quantitative estimate of drug-likeness (QED) is 0.810. The number of hydrogen-bond donors (Lipinski definition) is 1. The van der Waals surface area contributed by atoms with Crippen LogP contribution in [0.4, 0.5) is 0 Å². The molecule has 3 fully saturated rings. The fourth-order valence-electron chi connectivity index (χ4n) is 4.49. The summed E-state index contributed by atoms with van der Waals surface area (Å²) in [5.74, 6) is 0.325. The third-order valence-electron chi connectivity index (χ3n) is 6.18. The van der Waals surface area contributed by atoms with Gasteiger partial charge in [0.1, 0.15) is 6.10 Å². The van der Waals surface area contributed by atoms with Crippen LogP contribution >= 0.6 is 12.4 Å². The van der Waals surface area contributed by atoms with Crippen molar-refractivity contribution in [3.05, 3.63) is 42.0 Å². The molecule has 1 atom stereocenters. The average Bonchev–Trinajstić information content (AvgIpc) is 3.04. The van der Waals surface area contributed by atoms with Gasteiger partial charge in [-0.2, -0.15) is 0 Å². The van der Waals surface area contributed by atoms with Gasteiger partial charge in [0.2, 0.25) is 5.91 Å². The third-order valence-corrected chi connectivity index (χ3v) is 6.18. The van der Waals surface area contributed by atoms with Crippen LogP contribution in [-0.4, -0.2) is 73.6 Å². The number of nitrogens with one attached hydrogen (secondary N) is 1. The molecule has 4 rings (SSSR count). The highest BCUT2D eigenvalue weighted by atomic mass is 35.5. The maximum Gasteiger partial charge on any atom is 0.253 e. The van der Waals surface area contributed by atoms with Gasteiger partial charge in [-0.1, -0.05) is 42.5 Å². The SMILES string of the molecule is Cl.O=C1CC2(CCN(C(=O)C3CNCCO3)CC2)CN1C/C=C/c1ccccc1. The van der Waals surface area contributed by atoms with Crippen LogP contribution in [0, 0.1) is 5.41 Å². The van der Waals surface area contributed by atoms with Gasteiger partial charge in [0.25, 0.3) is 5.91 Å². The van der Waals surface area contributed by atoms with Crippen LogP contribution in [0.15, 0.2) is 36.4 Å². The summed E-state index contributed by atoms with van der Waals surface area (Å²) in [5, 5.41) is 3.22. The number of ether oxygens (including phenoxy) is 1. The zero-order valence-corrected chi connectivity index (χ0v) is 17.5. The molecule has 1 spiro atoms. The summed E-state index contributed by atoms with van der Waals surface area (Å²) in [6, 6.07) is 10.1. The second kappa shape index (κ2) is 9.74. The molecule has 3 saturated heterocycles. The third kappa shape index (κ3) is 5.18. The highest BCUT2D eigenvalue weighted by molar-refractivity contribution is 5.85. The number of benzene rings is 1. The Morgan fingerprint density at radius 2 is 2.00 bits per heavy atom. The van der Waals surface area contributed by atoms with Gasteiger partial charge < -0.3 is 19.9 Å². The van der Waals surface area contributed by atoms with Gasteiger partial charge in [-0.15, -0.1) is 12.4 Å². The molecule has 1 unspecified atom stereocenters. The Hall–Kier alpha value is -1.89. The molecule has 0 aromatic heterocycles. The maximum absolute atomic E-state index is 12.6. The van der Waals surface area contributed by atoms with Crippen LogP contribution in [0.5, 0.6) is 0 Å². The zero-order valence-electron chi connectivity index (χ0n) is 16.7. The molecule has 29 heavy (non-hydrogen) atoms. The van der Waals surface area contributed by atoms with Gasteiger partial charge in [-0.25, -0.2) is 0 Å². The number of carbonyl (C=O) groups excluding carboxylic acids is 2. The van der Waals surface area contributed by atoms with E-state index in [1.165, 1.54) is 0 Å². The molecule has 0 radical (unpaired) electrons. The molecule has 1 N–H and O–H groups in total. The fourth-order valence-corrected chi connectivity index (χ4v) is 4.49. The normalized spacial score (nSPS) is 24.1. The lowest BCUT2D eigenvalue weighted by molar-refractivity contribution is -0.147. The van der Waals surface area contributed by atoms with Crippen molar-refractivity contribution >= 4 is 30.3 Å². The molecular weight excluding hydrogens is 390 g/mol. The largest absolute Gasteiger partial charge is 0.366 e. The monoisotopic (exact) mass is 419 g/mol. The number of nitrogens with zero attached hydrogens (tertiary/aromatic N) is 2. The first-order valence-electron chi connectivity index (χ1n) is 10.3. The van der Waals surface area contributed by atoms with E-state index in [0.717, 1.165) is 44.6 Å². The van der Waals surface area contributed by atoms with Gasteiger partial charge in [-0.05, 0) is 18.4 Å². The highest BCUT2D eigenvalue weighted by Gasteiger charge is 2.45. The Bertz CT molecular complexity index is 726. The van der Waals surface area contributed by atoms with Crippen molar-refractivity contribution in [3.63, 3.8) is 0 Å². The fraction of sp³-hybridized carbons (Fsp3) is 0.545. The van der Waals surface area contributed by atoms with Crippen molar-refractivity contribution in [2.75, 3.05) is 45.9 Å².